The Labute approximate surface area is 150 Å². The molecule has 1 aromatic carbocycles. The molecule has 0 atom stereocenters. The predicted octanol–water partition coefficient (Wildman–Crippen LogP) is 3.98. The molecule has 26 heavy (non-hydrogen) atoms. The Morgan fingerprint density at radius 3 is 2.69 bits per heavy atom. The first-order valence-corrected chi connectivity index (χ1v) is 8.59. The Balaban J connectivity index is 1.86. The van der Waals surface area contributed by atoms with Crippen LogP contribution in [0.25, 0.3) is 22.2 Å². The molecule has 3 heterocycles. The van der Waals surface area contributed by atoms with Crippen molar-refractivity contribution in [1.82, 2.24) is 14.5 Å². The first kappa shape index (κ1) is 14.9. The maximum Gasteiger partial charge on any atom is 0.166 e. The van der Waals surface area contributed by atoms with E-state index in [2.05, 4.69) is 24.7 Å². The summed E-state index contributed by atoms with van der Waals surface area (Å²) in [7, 11) is 0. The molecule has 0 radical (unpaired) electrons. The lowest BCUT2D eigenvalue weighted by atomic mass is 10.1. The summed E-state index contributed by atoms with van der Waals surface area (Å²) in [6.07, 6.45) is 6.86. The van der Waals surface area contributed by atoms with Crippen molar-refractivity contribution in [2.24, 2.45) is 15.0 Å². The van der Waals surface area contributed by atoms with Gasteiger partial charge in [-0.3, -0.25) is 0 Å². The van der Waals surface area contributed by atoms with Crippen molar-refractivity contribution in [1.29, 1.82) is 0 Å². The van der Waals surface area contributed by atoms with Crippen LogP contribution in [0.2, 0.25) is 0 Å². The van der Waals surface area contributed by atoms with Crippen LogP contribution >= 0.6 is 0 Å². The van der Waals surface area contributed by atoms with Gasteiger partial charge in [-0.2, -0.15) is 0 Å². The van der Waals surface area contributed by atoms with Crippen LogP contribution in [0.5, 0.6) is 0 Å². The summed E-state index contributed by atoms with van der Waals surface area (Å²) in [6.45, 7) is 6.54. The number of para-hydroxylation sites is 2. The molecule has 0 N–H and O–H groups in total. The minimum atomic E-state index is 0.638. The molecule has 5 rings (SSSR count). The zero-order valence-corrected chi connectivity index (χ0v) is 14.3. The molecule has 2 aliphatic rings. The normalized spacial score (nSPS) is 15.8. The highest BCUT2D eigenvalue weighted by Crippen LogP contribution is 2.34. The van der Waals surface area contributed by atoms with Gasteiger partial charge in [-0.05, 0) is 31.9 Å². The van der Waals surface area contributed by atoms with Gasteiger partial charge in [0.25, 0.3) is 0 Å². The Kier molecular flexibility index (Phi) is 3.18. The van der Waals surface area contributed by atoms with E-state index in [1.54, 1.807) is 0 Å². The summed E-state index contributed by atoms with van der Waals surface area (Å²) >= 11 is 0. The number of amidine groups is 1. The Bertz CT molecular complexity index is 1210. The molecule has 0 bridgehead atoms. The van der Waals surface area contributed by atoms with E-state index in [4.69, 9.17) is 20.0 Å². The van der Waals surface area contributed by atoms with E-state index in [1.807, 2.05) is 41.0 Å². The van der Waals surface area contributed by atoms with Gasteiger partial charge in [-0.1, -0.05) is 24.3 Å². The topological polar surface area (TPSA) is 67.8 Å². The van der Waals surface area contributed by atoms with Crippen molar-refractivity contribution in [3.8, 4) is 0 Å². The predicted molar refractivity (Wildman–Crippen MR) is 106 cm³/mol. The molecule has 0 amide bonds. The summed E-state index contributed by atoms with van der Waals surface area (Å²) < 4.78 is 2.02. The van der Waals surface area contributed by atoms with Crippen molar-refractivity contribution in [2.45, 2.75) is 19.9 Å². The lowest BCUT2D eigenvalue weighted by Crippen LogP contribution is -1.99. The number of aliphatic imine (C=N–C) groups is 3. The SMILES string of the molecule is C=Nc1c(C2=NC3=CC=CCC3=N2)c2nc3ccccc3nc2n1CC. The van der Waals surface area contributed by atoms with Gasteiger partial charge < -0.3 is 4.57 Å². The third-order valence-electron chi connectivity index (χ3n) is 4.68. The molecule has 0 saturated heterocycles. The van der Waals surface area contributed by atoms with Gasteiger partial charge in [-0.15, -0.1) is 0 Å². The van der Waals surface area contributed by atoms with E-state index in [-0.39, 0.29) is 0 Å². The van der Waals surface area contributed by atoms with Crippen LogP contribution < -0.4 is 0 Å². The number of fused-ring (bicyclic) bond motifs is 3. The first-order valence-electron chi connectivity index (χ1n) is 8.59. The minimum Gasteiger partial charge on any atom is -0.309 e. The van der Waals surface area contributed by atoms with Crippen molar-refractivity contribution < 1.29 is 0 Å². The van der Waals surface area contributed by atoms with Crippen molar-refractivity contribution in [3.05, 3.63) is 53.8 Å². The molecule has 0 fully saturated rings. The van der Waals surface area contributed by atoms with Crippen LogP contribution in [0.3, 0.4) is 0 Å². The number of hydrogen-bond donors (Lipinski definition) is 0. The number of aromatic nitrogens is 3. The van der Waals surface area contributed by atoms with E-state index >= 15 is 0 Å². The van der Waals surface area contributed by atoms with Gasteiger partial charge in [0.15, 0.2) is 11.5 Å². The van der Waals surface area contributed by atoms with Crippen LogP contribution in [-0.2, 0) is 6.54 Å². The fourth-order valence-electron chi connectivity index (χ4n) is 3.48. The van der Waals surface area contributed by atoms with E-state index in [0.717, 1.165) is 45.6 Å². The molecule has 0 unspecified atom stereocenters. The molecule has 0 saturated carbocycles. The first-order chi connectivity index (χ1) is 12.8. The smallest absolute Gasteiger partial charge is 0.166 e. The van der Waals surface area contributed by atoms with E-state index in [9.17, 15) is 0 Å². The van der Waals surface area contributed by atoms with Crippen LogP contribution in [0.15, 0.2) is 63.2 Å². The number of allylic oxidation sites excluding steroid dienone is 4. The minimum absolute atomic E-state index is 0.638. The summed E-state index contributed by atoms with van der Waals surface area (Å²) in [5, 5.41) is 0. The highest BCUT2D eigenvalue weighted by atomic mass is 15.1. The number of hydrogen-bond acceptors (Lipinski definition) is 5. The molecule has 126 valence electrons. The molecule has 1 aliphatic heterocycles. The van der Waals surface area contributed by atoms with Crippen molar-refractivity contribution in [2.75, 3.05) is 0 Å². The summed E-state index contributed by atoms with van der Waals surface area (Å²) in [5.41, 5.74) is 5.94. The fraction of sp³-hybridized carbons (Fsp3) is 0.150. The van der Waals surface area contributed by atoms with Crippen molar-refractivity contribution >= 4 is 46.3 Å². The number of aryl methyl sites for hydroxylation is 1. The monoisotopic (exact) mass is 340 g/mol. The number of rotatable bonds is 3. The molecular weight excluding hydrogens is 324 g/mol. The molecule has 2 aromatic heterocycles. The molecule has 6 nitrogen and oxygen atoms in total. The van der Waals surface area contributed by atoms with Gasteiger partial charge >= 0.3 is 0 Å². The lowest BCUT2D eigenvalue weighted by Gasteiger charge is -2.03. The second-order valence-electron chi connectivity index (χ2n) is 6.16. The van der Waals surface area contributed by atoms with E-state index in [1.165, 1.54) is 0 Å². The number of benzene rings is 1. The van der Waals surface area contributed by atoms with Crippen LogP contribution in [0.4, 0.5) is 5.82 Å². The highest BCUT2D eigenvalue weighted by Gasteiger charge is 2.27. The molecular formula is C20H16N6. The standard InChI is InChI=1S/C20H16N6/c1-3-26-19(21-2)16(18-23-13-9-5-6-10-14(13)24-18)17-20(26)25-15-11-7-4-8-12(15)22-17/h4-9,11H,2-3,10H2,1H3. The third kappa shape index (κ3) is 2.02. The fourth-order valence-corrected chi connectivity index (χ4v) is 3.48. The van der Waals surface area contributed by atoms with Crippen LogP contribution in [0.1, 0.15) is 18.9 Å². The van der Waals surface area contributed by atoms with Crippen molar-refractivity contribution in [3.63, 3.8) is 0 Å². The Hall–Kier alpha value is -3.41. The highest BCUT2D eigenvalue weighted by molar-refractivity contribution is 6.23. The number of nitrogens with zero attached hydrogens (tertiary/aromatic N) is 6. The molecule has 1 aliphatic carbocycles. The maximum absolute atomic E-state index is 4.86. The van der Waals surface area contributed by atoms with Gasteiger partial charge in [0.1, 0.15) is 11.3 Å². The molecule has 0 spiro atoms. The lowest BCUT2D eigenvalue weighted by molar-refractivity contribution is 0.791. The maximum atomic E-state index is 4.86. The van der Waals surface area contributed by atoms with Gasteiger partial charge in [0, 0.05) is 13.0 Å². The summed E-state index contributed by atoms with van der Waals surface area (Å²) in [6, 6.07) is 7.86. The molecule has 3 aromatic rings. The van der Waals surface area contributed by atoms with Gasteiger partial charge in [-0.25, -0.2) is 24.9 Å². The average Bonchev–Trinajstić information content (AvgIpc) is 3.23. The van der Waals surface area contributed by atoms with E-state index in [0.29, 0.717) is 18.2 Å². The van der Waals surface area contributed by atoms with Gasteiger partial charge in [0.05, 0.1) is 28.0 Å². The quantitative estimate of drug-likeness (QED) is 0.677. The Morgan fingerprint density at radius 2 is 1.96 bits per heavy atom. The van der Waals surface area contributed by atoms with E-state index < -0.39 is 0 Å². The third-order valence-corrected chi connectivity index (χ3v) is 4.68. The zero-order valence-electron chi connectivity index (χ0n) is 14.3. The van der Waals surface area contributed by atoms with Gasteiger partial charge in [0.2, 0.25) is 0 Å². The zero-order chi connectivity index (χ0) is 17.7. The summed E-state index contributed by atoms with van der Waals surface area (Å²) in [4.78, 5) is 23.4. The van der Waals surface area contributed by atoms with Crippen LogP contribution in [0, 0.1) is 0 Å². The second-order valence-corrected chi connectivity index (χ2v) is 6.16. The molecule has 6 heteroatoms. The summed E-state index contributed by atoms with van der Waals surface area (Å²) in [5.74, 6) is 1.35. The Morgan fingerprint density at radius 1 is 1.15 bits per heavy atom. The average molecular weight is 340 g/mol. The largest absolute Gasteiger partial charge is 0.309 e. The van der Waals surface area contributed by atoms with Crippen LogP contribution in [-0.4, -0.2) is 32.8 Å². The second kappa shape index (κ2) is 5.56.